The normalized spacial score (nSPS) is 13.4. The first kappa shape index (κ1) is 8.63. The molecule has 67 valence electrons. The van der Waals surface area contributed by atoms with E-state index in [1.165, 1.54) is 0 Å². The second-order valence-electron chi connectivity index (χ2n) is 2.93. The van der Waals surface area contributed by atoms with E-state index in [2.05, 4.69) is 24.5 Å². The van der Waals surface area contributed by atoms with Crippen molar-refractivity contribution in [2.75, 3.05) is 0 Å². The van der Waals surface area contributed by atoms with Crippen LogP contribution >= 0.6 is 12.6 Å². The third kappa shape index (κ3) is 1.86. The van der Waals surface area contributed by atoms with Crippen molar-refractivity contribution < 1.29 is 4.42 Å². The van der Waals surface area contributed by atoms with Gasteiger partial charge in [-0.1, -0.05) is 12.1 Å². The van der Waals surface area contributed by atoms with E-state index in [9.17, 15) is 0 Å². The summed E-state index contributed by atoms with van der Waals surface area (Å²) in [5, 5.41) is 0.0352. The smallest absolute Gasteiger partial charge is 0.196 e. The summed E-state index contributed by atoms with van der Waals surface area (Å²) in [6.07, 6.45) is 0.664. The maximum absolute atomic E-state index is 5.48. The number of hydrogen-bond acceptors (Lipinski definition) is 3. The summed E-state index contributed by atoms with van der Waals surface area (Å²) in [5.74, 6) is 0.705. The van der Waals surface area contributed by atoms with Crippen molar-refractivity contribution in [3.8, 4) is 0 Å². The van der Waals surface area contributed by atoms with Crippen molar-refractivity contribution in [1.29, 1.82) is 0 Å². The highest BCUT2D eigenvalue weighted by Crippen LogP contribution is 2.16. The van der Waals surface area contributed by atoms with Gasteiger partial charge >= 0.3 is 0 Å². The van der Waals surface area contributed by atoms with Crippen LogP contribution in [0.3, 0.4) is 0 Å². The van der Waals surface area contributed by atoms with Gasteiger partial charge in [-0.3, -0.25) is 0 Å². The van der Waals surface area contributed by atoms with E-state index < -0.39 is 0 Å². The van der Waals surface area contributed by atoms with Crippen LogP contribution in [0.5, 0.6) is 0 Å². The molecule has 0 amide bonds. The van der Waals surface area contributed by atoms with E-state index in [1.807, 2.05) is 24.3 Å². The molecule has 1 atom stereocenters. The molecule has 2 nitrogen and oxygen atoms in total. The predicted molar refractivity (Wildman–Crippen MR) is 55.8 cm³/mol. The Kier molecular flexibility index (Phi) is 2.27. The van der Waals surface area contributed by atoms with Gasteiger partial charge in [0.15, 0.2) is 11.5 Å². The van der Waals surface area contributed by atoms with Crippen LogP contribution in [0.15, 0.2) is 28.7 Å². The molecule has 0 aliphatic rings. The van der Waals surface area contributed by atoms with E-state index in [1.54, 1.807) is 0 Å². The molecule has 0 aliphatic heterocycles. The lowest BCUT2D eigenvalue weighted by molar-refractivity contribution is 0.532. The first-order chi connectivity index (χ1) is 6.25. The average molecular weight is 192 g/mol. The van der Waals surface area contributed by atoms with Gasteiger partial charge in [0.25, 0.3) is 0 Å². The highest BCUT2D eigenvalue weighted by Gasteiger charge is 2.06. The van der Waals surface area contributed by atoms with Crippen molar-refractivity contribution in [2.24, 2.45) is 0 Å². The number of nitrogens with zero attached hydrogens (tertiary/aromatic N) is 1. The van der Waals surface area contributed by atoms with Crippen LogP contribution in [-0.2, 0) is 6.42 Å². The molecular formula is C10H10NOS. The van der Waals surface area contributed by atoms with Crippen LogP contribution < -0.4 is 0 Å². The number of benzene rings is 1. The molecule has 0 aliphatic carbocycles. The van der Waals surface area contributed by atoms with E-state index in [0.29, 0.717) is 12.3 Å². The van der Waals surface area contributed by atoms with Crippen LogP contribution in [-0.4, -0.2) is 10.2 Å². The van der Waals surface area contributed by atoms with E-state index >= 15 is 0 Å². The number of rotatable bonds is 2. The first-order valence-corrected chi connectivity index (χ1v) is 4.63. The largest absolute Gasteiger partial charge is 0.441 e. The molecule has 1 radical (unpaired) electrons. The van der Waals surface area contributed by atoms with Crippen LogP contribution in [0.25, 0.3) is 11.1 Å². The summed E-state index contributed by atoms with van der Waals surface area (Å²) in [6, 6.07) is 7.71. The van der Waals surface area contributed by atoms with Crippen LogP contribution in [0.4, 0.5) is 0 Å². The van der Waals surface area contributed by atoms with Gasteiger partial charge in [0, 0.05) is 11.7 Å². The number of para-hydroxylation sites is 2. The summed E-state index contributed by atoms with van der Waals surface area (Å²) in [7, 11) is 0. The van der Waals surface area contributed by atoms with Crippen LogP contribution in [0.2, 0.25) is 0 Å². The molecule has 3 heteroatoms. The first-order valence-electron chi connectivity index (χ1n) is 4.11. The highest BCUT2D eigenvalue weighted by molar-refractivity contribution is 7.81. The lowest BCUT2D eigenvalue weighted by Crippen LogP contribution is -1.97. The fraction of sp³-hybridized carbons (Fsp3) is 0.200. The van der Waals surface area contributed by atoms with Gasteiger partial charge in [0.1, 0.15) is 5.52 Å². The SMILES string of the molecule is [CH2]C(S)Cc1nc2ccccc2o1. The molecule has 0 N–H and O–H groups in total. The number of thiol groups is 1. The minimum absolute atomic E-state index is 0.0352. The lowest BCUT2D eigenvalue weighted by atomic mass is 10.3. The molecule has 1 aromatic carbocycles. The van der Waals surface area contributed by atoms with Gasteiger partial charge in [-0.2, -0.15) is 12.6 Å². The molecule has 13 heavy (non-hydrogen) atoms. The topological polar surface area (TPSA) is 26.0 Å². The second kappa shape index (κ2) is 3.42. The van der Waals surface area contributed by atoms with Crippen LogP contribution in [0, 0.1) is 6.92 Å². The third-order valence-electron chi connectivity index (χ3n) is 1.75. The molecule has 1 heterocycles. The Balaban J connectivity index is 2.38. The number of fused-ring (bicyclic) bond motifs is 1. The van der Waals surface area contributed by atoms with Crippen molar-refractivity contribution in [2.45, 2.75) is 11.7 Å². The standard InChI is InChI=1S/C10H10NOS/c1-7(13)6-10-11-8-4-2-3-5-9(8)12-10/h2-5,7,13H,1,6H2. The summed E-state index contributed by atoms with van der Waals surface area (Å²) < 4.78 is 5.48. The minimum atomic E-state index is 0.0352. The Labute approximate surface area is 82.4 Å². The molecule has 1 aromatic heterocycles. The molecule has 0 fully saturated rings. The zero-order valence-corrected chi connectivity index (χ0v) is 8.00. The molecule has 0 saturated carbocycles. The van der Waals surface area contributed by atoms with Crippen molar-refractivity contribution in [1.82, 2.24) is 4.98 Å². The van der Waals surface area contributed by atoms with Gasteiger partial charge in [-0.25, -0.2) is 4.98 Å². The minimum Gasteiger partial charge on any atom is -0.441 e. The zero-order valence-electron chi connectivity index (χ0n) is 7.10. The Morgan fingerprint density at radius 3 is 2.92 bits per heavy atom. The number of aromatic nitrogens is 1. The number of oxazole rings is 1. The monoisotopic (exact) mass is 192 g/mol. The second-order valence-corrected chi connectivity index (χ2v) is 3.66. The summed E-state index contributed by atoms with van der Waals surface area (Å²) in [6.45, 7) is 3.77. The summed E-state index contributed by atoms with van der Waals surface area (Å²) in [4.78, 5) is 4.30. The fourth-order valence-electron chi connectivity index (χ4n) is 1.21. The van der Waals surface area contributed by atoms with Gasteiger partial charge in [0.05, 0.1) is 0 Å². The molecule has 2 rings (SSSR count). The van der Waals surface area contributed by atoms with Gasteiger partial charge in [-0.15, -0.1) is 0 Å². The zero-order chi connectivity index (χ0) is 9.26. The Hall–Kier alpha value is -0.960. The maximum Gasteiger partial charge on any atom is 0.196 e. The van der Waals surface area contributed by atoms with Crippen molar-refractivity contribution in [3.05, 3.63) is 37.1 Å². The molecule has 2 aromatic rings. The van der Waals surface area contributed by atoms with Crippen molar-refractivity contribution in [3.63, 3.8) is 0 Å². The summed E-state index contributed by atoms with van der Waals surface area (Å²) >= 11 is 4.18. The number of hydrogen-bond donors (Lipinski definition) is 1. The van der Waals surface area contributed by atoms with Crippen molar-refractivity contribution >= 4 is 23.7 Å². The Morgan fingerprint density at radius 2 is 2.23 bits per heavy atom. The summed E-state index contributed by atoms with van der Waals surface area (Å²) in [5.41, 5.74) is 1.72. The third-order valence-corrected chi connectivity index (χ3v) is 1.93. The highest BCUT2D eigenvalue weighted by atomic mass is 32.1. The lowest BCUT2D eigenvalue weighted by Gasteiger charge is -1.95. The van der Waals surface area contributed by atoms with E-state index in [0.717, 1.165) is 11.1 Å². The molecule has 0 bridgehead atoms. The molecule has 1 unspecified atom stereocenters. The average Bonchev–Trinajstić information content (AvgIpc) is 2.44. The molecular weight excluding hydrogens is 182 g/mol. The molecule has 0 spiro atoms. The predicted octanol–water partition coefficient (Wildman–Crippen LogP) is 2.50. The van der Waals surface area contributed by atoms with E-state index in [4.69, 9.17) is 4.42 Å². The van der Waals surface area contributed by atoms with Crippen LogP contribution in [0.1, 0.15) is 5.89 Å². The van der Waals surface area contributed by atoms with E-state index in [-0.39, 0.29) is 5.25 Å². The van der Waals surface area contributed by atoms with Gasteiger partial charge in [-0.05, 0) is 19.1 Å². The molecule has 0 saturated heterocycles. The Morgan fingerprint density at radius 1 is 1.46 bits per heavy atom. The van der Waals surface area contributed by atoms with Gasteiger partial charge in [0.2, 0.25) is 0 Å². The quantitative estimate of drug-likeness (QED) is 0.740. The van der Waals surface area contributed by atoms with Gasteiger partial charge < -0.3 is 4.42 Å². The fourth-order valence-corrected chi connectivity index (χ4v) is 1.36. The Bertz CT molecular complexity index is 375. The maximum atomic E-state index is 5.48.